The number of thioether (sulfide) groups is 1. The molecule has 2 rings (SSSR count). The van der Waals surface area contributed by atoms with Crippen molar-refractivity contribution in [3.05, 3.63) is 34.9 Å². The zero-order chi connectivity index (χ0) is 10.8. The van der Waals surface area contributed by atoms with Crippen molar-refractivity contribution in [1.29, 1.82) is 0 Å². The minimum absolute atomic E-state index is 0.523. The van der Waals surface area contributed by atoms with Crippen LogP contribution >= 0.6 is 11.8 Å². The van der Waals surface area contributed by atoms with Crippen molar-refractivity contribution in [1.82, 2.24) is 5.32 Å². The summed E-state index contributed by atoms with van der Waals surface area (Å²) in [4.78, 5) is 0. The lowest BCUT2D eigenvalue weighted by atomic mass is 9.91. The van der Waals surface area contributed by atoms with Gasteiger partial charge in [0.2, 0.25) is 0 Å². The first-order valence-electron chi connectivity index (χ1n) is 5.57. The second-order valence-electron chi connectivity index (χ2n) is 4.40. The lowest BCUT2D eigenvalue weighted by Gasteiger charge is -2.23. The molecule has 2 atom stereocenters. The predicted molar refractivity (Wildman–Crippen MR) is 68.3 cm³/mol. The van der Waals surface area contributed by atoms with E-state index in [1.54, 1.807) is 5.56 Å². The lowest BCUT2D eigenvalue weighted by Crippen LogP contribution is -2.24. The molecule has 0 saturated carbocycles. The van der Waals surface area contributed by atoms with Crippen LogP contribution in [0.2, 0.25) is 0 Å². The Morgan fingerprint density at radius 3 is 2.93 bits per heavy atom. The van der Waals surface area contributed by atoms with Crippen molar-refractivity contribution in [3.63, 3.8) is 0 Å². The molecule has 15 heavy (non-hydrogen) atoms. The quantitative estimate of drug-likeness (QED) is 0.782. The first kappa shape index (κ1) is 11.0. The van der Waals surface area contributed by atoms with Crippen LogP contribution in [0.15, 0.2) is 18.2 Å². The summed E-state index contributed by atoms with van der Waals surface area (Å²) < 4.78 is 0. The third-order valence-electron chi connectivity index (χ3n) is 3.29. The molecule has 1 aliphatic rings. The fourth-order valence-corrected chi connectivity index (χ4v) is 3.68. The Bertz CT molecular complexity index is 348. The van der Waals surface area contributed by atoms with E-state index in [0.717, 1.165) is 0 Å². The van der Waals surface area contributed by atoms with Gasteiger partial charge in [-0.3, -0.25) is 0 Å². The second-order valence-corrected chi connectivity index (χ2v) is 5.43. The summed E-state index contributed by atoms with van der Waals surface area (Å²) in [5.74, 6) is 3.13. The predicted octanol–water partition coefficient (Wildman–Crippen LogP) is 3.14. The summed E-state index contributed by atoms with van der Waals surface area (Å²) in [5.41, 5.74) is 4.50. The Morgan fingerprint density at radius 2 is 2.20 bits per heavy atom. The summed E-state index contributed by atoms with van der Waals surface area (Å²) >= 11 is 2.06. The molecule has 0 aromatic heterocycles. The van der Waals surface area contributed by atoms with Gasteiger partial charge in [0.1, 0.15) is 0 Å². The maximum Gasteiger partial charge on any atom is 0.0354 e. The Labute approximate surface area is 96.7 Å². The number of rotatable bonds is 1. The second kappa shape index (κ2) is 4.58. The maximum atomic E-state index is 3.46. The van der Waals surface area contributed by atoms with Crippen molar-refractivity contribution in [2.45, 2.75) is 25.6 Å². The van der Waals surface area contributed by atoms with Crippen LogP contribution < -0.4 is 5.32 Å². The van der Waals surface area contributed by atoms with Gasteiger partial charge in [-0.1, -0.05) is 25.1 Å². The minimum atomic E-state index is 0.523. The molecule has 0 bridgehead atoms. The van der Waals surface area contributed by atoms with Crippen molar-refractivity contribution in [2.75, 3.05) is 12.8 Å². The maximum absolute atomic E-state index is 3.46. The van der Waals surface area contributed by atoms with E-state index in [0.29, 0.717) is 12.0 Å². The molecular formula is C13H19NS. The number of fused-ring (bicyclic) bond motifs is 1. The van der Waals surface area contributed by atoms with Gasteiger partial charge in [-0.15, -0.1) is 0 Å². The van der Waals surface area contributed by atoms with Crippen LogP contribution in [0.25, 0.3) is 0 Å². The smallest absolute Gasteiger partial charge is 0.0354 e. The summed E-state index contributed by atoms with van der Waals surface area (Å²) in [6, 6.07) is 7.21. The van der Waals surface area contributed by atoms with Gasteiger partial charge in [0.15, 0.2) is 0 Å². The Morgan fingerprint density at radius 1 is 1.40 bits per heavy atom. The molecule has 0 radical (unpaired) electrons. The van der Waals surface area contributed by atoms with Crippen molar-refractivity contribution in [3.8, 4) is 0 Å². The topological polar surface area (TPSA) is 12.0 Å². The van der Waals surface area contributed by atoms with E-state index in [4.69, 9.17) is 0 Å². The lowest BCUT2D eigenvalue weighted by molar-refractivity contribution is 0.450. The van der Waals surface area contributed by atoms with E-state index in [-0.39, 0.29) is 0 Å². The van der Waals surface area contributed by atoms with Crippen LogP contribution in [0.3, 0.4) is 0 Å². The van der Waals surface area contributed by atoms with Gasteiger partial charge in [0, 0.05) is 11.8 Å². The number of benzene rings is 1. The molecule has 1 heterocycles. The van der Waals surface area contributed by atoms with Crippen LogP contribution in [0.1, 0.15) is 29.7 Å². The van der Waals surface area contributed by atoms with Gasteiger partial charge in [0.25, 0.3) is 0 Å². The SMILES string of the molecule is CNC1c2cccc(C)c2CSCC1C. The number of hydrogen-bond donors (Lipinski definition) is 1. The van der Waals surface area contributed by atoms with Gasteiger partial charge < -0.3 is 5.32 Å². The highest BCUT2D eigenvalue weighted by molar-refractivity contribution is 7.98. The van der Waals surface area contributed by atoms with Crippen molar-refractivity contribution < 1.29 is 0 Å². The van der Waals surface area contributed by atoms with E-state index >= 15 is 0 Å². The highest BCUT2D eigenvalue weighted by atomic mass is 32.2. The van der Waals surface area contributed by atoms with Crippen molar-refractivity contribution in [2.24, 2.45) is 5.92 Å². The molecule has 1 N–H and O–H groups in total. The monoisotopic (exact) mass is 221 g/mol. The molecule has 0 saturated heterocycles. The molecule has 1 nitrogen and oxygen atoms in total. The summed E-state index contributed by atoms with van der Waals surface area (Å²) in [6.07, 6.45) is 0. The normalized spacial score (nSPS) is 25.8. The molecule has 1 aliphatic heterocycles. The zero-order valence-corrected chi connectivity index (χ0v) is 10.5. The van der Waals surface area contributed by atoms with Gasteiger partial charge in [0.05, 0.1) is 0 Å². The Hall–Kier alpha value is -0.470. The molecule has 0 fully saturated rings. The fourth-order valence-electron chi connectivity index (χ4n) is 2.40. The molecular weight excluding hydrogens is 202 g/mol. The van der Waals surface area contributed by atoms with Gasteiger partial charge >= 0.3 is 0 Å². The standard InChI is InChI=1S/C13H19NS/c1-9-5-4-6-11-12(9)8-15-7-10(2)13(11)14-3/h4-6,10,13-14H,7-8H2,1-3H3. The average Bonchev–Trinajstić information content (AvgIpc) is 2.38. The van der Waals surface area contributed by atoms with Crippen LogP contribution in [-0.4, -0.2) is 12.8 Å². The number of hydrogen-bond acceptors (Lipinski definition) is 2. The van der Waals surface area contributed by atoms with E-state index in [9.17, 15) is 0 Å². The van der Waals surface area contributed by atoms with Gasteiger partial charge in [-0.25, -0.2) is 0 Å². The third kappa shape index (κ3) is 2.06. The van der Waals surface area contributed by atoms with E-state index < -0.39 is 0 Å². The molecule has 2 unspecified atom stereocenters. The Kier molecular flexibility index (Phi) is 3.37. The van der Waals surface area contributed by atoms with E-state index in [1.165, 1.54) is 22.6 Å². The van der Waals surface area contributed by atoms with Crippen LogP contribution in [0.5, 0.6) is 0 Å². The van der Waals surface area contributed by atoms with Crippen LogP contribution in [-0.2, 0) is 5.75 Å². The third-order valence-corrected chi connectivity index (χ3v) is 4.54. The molecule has 82 valence electrons. The summed E-state index contributed by atoms with van der Waals surface area (Å²) in [5, 5.41) is 3.46. The molecule has 0 aliphatic carbocycles. The largest absolute Gasteiger partial charge is 0.313 e. The van der Waals surface area contributed by atoms with Crippen LogP contribution in [0.4, 0.5) is 0 Å². The van der Waals surface area contributed by atoms with E-state index in [1.807, 2.05) is 0 Å². The van der Waals surface area contributed by atoms with E-state index in [2.05, 4.69) is 56.2 Å². The Balaban J connectivity index is 2.47. The number of nitrogens with one attached hydrogen (secondary N) is 1. The molecule has 1 aromatic carbocycles. The first-order valence-corrected chi connectivity index (χ1v) is 6.73. The zero-order valence-electron chi connectivity index (χ0n) is 9.71. The first-order chi connectivity index (χ1) is 7.24. The van der Waals surface area contributed by atoms with Gasteiger partial charge in [-0.2, -0.15) is 11.8 Å². The highest BCUT2D eigenvalue weighted by Gasteiger charge is 2.24. The highest BCUT2D eigenvalue weighted by Crippen LogP contribution is 2.35. The van der Waals surface area contributed by atoms with Gasteiger partial charge in [-0.05, 0) is 42.3 Å². The van der Waals surface area contributed by atoms with Crippen molar-refractivity contribution >= 4 is 11.8 Å². The summed E-state index contributed by atoms with van der Waals surface area (Å²) in [6.45, 7) is 4.56. The summed E-state index contributed by atoms with van der Waals surface area (Å²) in [7, 11) is 2.07. The molecule has 0 spiro atoms. The molecule has 0 amide bonds. The van der Waals surface area contributed by atoms with Crippen LogP contribution in [0, 0.1) is 12.8 Å². The molecule has 1 aromatic rings. The average molecular weight is 221 g/mol. The molecule has 2 heteroatoms. The minimum Gasteiger partial charge on any atom is -0.313 e. The fraction of sp³-hybridized carbons (Fsp3) is 0.538. The number of aryl methyl sites for hydroxylation is 1.